The van der Waals surface area contributed by atoms with E-state index in [-0.39, 0.29) is 103 Å². The fourth-order valence-electron chi connectivity index (χ4n) is 8.34. The van der Waals surface area contributed by atoms with E-state index in [2.05, 4.69) is 22.2 Å². The van der Waals surface area contributed by atoms with E-state index in [0.29, 0.717) is 94.7 Å². The fourth-order valence-corrected chi connectivity index (χ4v) is 8.65. The lowest BCUT2D eigenvalue weighted by Gasteiger charge is -2.35. The number of piperidine rings is 1. The van der Waals surface area contributed by atoms with Crippen LogP contribution in [-0.4, -0.2) is 165 Å². The first kappa shape index (κ1) is 49.8. The second-order valence-electron chi connectivity index (χ2n) is 16.6. The van der Waals surface area contributed by atoms with Crippen LogP contribution in [-0.2, 0) is 39.9 Å². The van der Waals surface area contributed by atoms with E-state index in [1.54, 1.807) is 30.1 Å². The van der Waals surface area contributed by atoms with E-state index < -0.39 is 29.5 Å². The number of likely N-dealkylation sites (N-methyl/N-ethyl adjacent to an activating group) is 1. The molecule has 7 rings (SSSR count). The number of aromatic nitrogens is 2. The average molecular weight is 965 g/mol. The summed E-state index contributed by atoms with van der Waals surface area (Å²) in [5, 5.41) is 15.3. The number of hydrogen-bond acceptors (Lipinski definition) is 14. The number of rotatable bonds is 22. The molecule has 3 N–H and O–H groups in total. The van der Waals surface area contributed by atoms with Crippen LogP contribution in [0.1, 0.15) is 47.2 Å². The van der Waals surface area contributed by atoms with Crippen LogP contribution in [0.4, 0.5) is 20.5 Å². The Labute approximate surface area is 396 Å². The largest absolute Gasteiger partial charge is 0.491 e. The van der Waals surface area contributed by atoms with Crippen LogP contribution >= 0.6 is 11.6 Å². The van der Waals surface area contributed by atoms with Crippen molar-refractivity contribution in [1.29, 1.82) is 0 Å². The highest BCUT2D eigenvalue weighted by Gasteiger charge is 2.39. The number of aliphatic hydroxyl groups excluding tert-OH is 1. The monoisotopic (exact) mass is 964 g/mol. The number of allylic oxidation sites excluding steroid dienone is 3. The summed E-state index contributed by atoms with van der Waals surface area (Å²) in [5.41, 5.74) is 1.04. The molecule has 364 valence electrons. The van der Waals surface area contributed by atoms with Gasteiger partial charge in [0, 0.05) is 100 Å². The highest BCUT2D eigenvalue weighted by atomic mass is 35.5. The van der Waals surface area contributed by atoms with Crippen molar-refractivity contribution in [2.75, 3.05) is 109 Å². The van der Waals surface area contributed by atoms with Gasteiger partial charge in [-0.15, -0.1) is 0 Å². The van der Waals surface area contributed by atoms with Gasteiger partial charge in [-0.3, -0.25) is 29.3 Å². The Bertz CT molecular complexity index is 2470. The zero-order chi connectivity index (χ0) is 48.3. The maximum Gasteiger partial charge on any atom is 0.255 e. The highest BCUT2D eigenvalue weighted by molar-refractivity contribution is 6.33. The molecule has 4 aliphatic rings. The fraction of sp³-hybridized carbons (Fsp3) is 0.468. The molecule has 5 amide bonds. The molecule has 2 unspecified atom stereocenters. The molecule has 0 radical (unpaired) electrons. The molecule has 2 aromatic carbocycles. The van der Waals surface area contributed by atoms with Crippen LogP contribution < -0.4 is 20.3 Å². The van der Waals surface area contributed by atoms with Crippen LogP contribution in [0.2, 0.25) is 5.02 Å². The van der Waals surface area contributed by atoms with Gasteiger partial charge >= 0.3 is 0 Å². The molecule has 18 nitrogen and oxygen atoms in total. The van der Waals surface area contributed by atoms with Crippen molar-refractivity contribution in [2.45, 2.75) is 38.3 Å². The maximum absolute atomic E-state index is 16.6. The third-order valence-electron chi connectivity index (χ3n) is 12.1. The van der Waals surface area contributed by atoms with Gasteiger partial charge in [-0.25, -0.2) is 13.8 Å². The van der Waals surface area contributed by atoms with Crippen molar-refractivity contribution in [3.63, 3.8) is 0 Å². The maximum atomic E-state index is 16.6. The number of imide groups is 1. The summed E-state index contributed by atoms with van der Waals surface area (Å²) < 4.78 is 54.3. The van der Waals surface area contributed by atoms with Gasteiger partial charge in [-0.2, -0.15) is 4.98 Å². The topological polar surface area (TPSA) is 205 Å². The summed E-state index contributed by atoms with van der Waals surface area (Å²) in [4.78, 5) is 77.7. The van der Waals surface area contributed by atoms with E-state index in [4.69, 9.17) is 35.5 Å². The zero-order valence-electron chi connectivity index (χ0n) is 37.8. The lowest BCUT2D eigenvalue weighted by molar-refractivity contribution is -0.137. The Morgan fingerprint density at radius 3 is 2.44 bits per heavy atom. The van der Waals surface area contributed by atoms with E-state index >= 15 is 8.78 Å². The summed E-state index contributed by atoms with van der Waals surface area (Å²) >= 11 is 6.66. The summed E-state index contributed by atoms with van der Waals surface area (Å²) in [5.74, 6) is -2.36. The van der Waals surface area contributed by atoms with Gasteiger partial charge in [0.2, 0.25) is 29.6 Å². The molecular weight excluding hydrogens is 910 g/mol. The first-order valence-corrected chi connectivity index (χ1v) is 22.9. The second-order valence-corrected chi connectivity index (χ2v) is 17.0. The summed E-state index contributed by atoms with van der Waals surface area (Å²) in [6.45, 7) is 7.67. The van der Waals surface area contributed by atoms with Crippen LogP contribution in [0.3, 0.4) is 0 Å². The number of piperazine rings is 1. The number of anilines is 2. The minimum atomic E-state index is -0.842. The van der Waals surface area contributed by atoms with Crippen molar-refractivity contribution in [3.8, 4) is 5.75 Å². The van der Waals surface area contributed by atoms with Crippen LogP contribution in [0, 0.1) is 11.7 Å². The molecule has 3 aliphatic heterocycles. The molecule has 0 bridgehead atoms. The minimum absolute atomic E-state index is 0.0242. The number of nitrogens with one attached hydrogen (secondary N) is 2. The highest BCUT2D eigenvalue weighted by Crippen LogP contribution is 2.41. The van der Waals surface area contributed by atoms with Crippen molar-refractivity contribution >= 4 is 69.4 Å². The molecule has 0 saturated carbocycles. The number of halogens is 3. The number of benzene rings is 2. The first-order chi connectivity index (χ1) is 32.9. The van der Waals surface area contributed by atoms with Gasteiger partial charge in [0.15, 0.2) is 5.82 Å². The molecule has 68 heavy (non-hydrogen) atoms. The van der Waals surface area contributed by atoms with Gasteiger partial charge in [0.25, 0.3) is 5.91 Å². The Morgan fingerprint density at radius 1 is 1.01 bits per heavy atom. The summed E-state index contributed by atoms with van der Waals surface area (Å²) in [6.07, 6.45) is 4.56. The van der Waals surface area contributed by atoms with Gasteiger partial charge in [-0.05, 0) is 54.8 Å². The predicted octanol–water partition coefficient (Wildman–Crippen LogP) is 3.66. The number of nitrogens with zero attached hydrogens (tertiary/aromatic N) is 6. The number of hydrogen-bond donors (Lipinski definition) is 3. The Balaban J connectivity index is 0.807. The standard InChI is InChI=1S/C47H55ClF2N8O10/c1-3-39(61)56-12-14-57(15-13-56)44-34-26-35(48)41(33-24-29(28-59)4-7-36(33)49)42(50)43(34)53-47(54-44)51-11-10-40(62)55(2)16-17-65-18-19-66-20-21-67-22-23-68-31-5-6-32-30(25-31)27-58(46(32)64)37-8-9-38(60)52-45(37)63/h3-7,25-26,29,37,59H,1,8-24,27-28H2,2H3,(H,51,53,54)(H,52,60,63). The molecule has 4 heterocycles. The number of ether oxygens (including phenoxy) is 4. The molecule has 3 aromatic rings. The molecule has 1 aromatic heterocycles. The van der Waals surface area contributed by atoms with E-state index in [9.17, 15) is 29.1 Å². The number of carbonyl (C=O) groups is 5. The van der Waals surface area contributed by atoms with Gasteiger partial charge in [0.1, 0.15) is 35.6 Å². The third-order valence-corrected chi connectivity index (χ3v) is 12.4. The molecule has 2 atom stereocenters. The minimum Gasteiger partial charge on any atom is -0.491 e. The van der Waals surface area contributed by atoms with Crippen LogP contribution in [0.25, 0.3) is 16.5 Å². The average Bonchev–Trinajstić information content (AvgIpc) is 3.66. The quantitative estimate of drug-likeness (QED) is 0.0748. The summed E-state index contributed by atoms with van der Waals surface area (Å²) in [6, 6.07) is 5.99. The van der Waals surface area contributed by atoms with E-state index in [0.717, 1.165) is 5.56 Å². The predicted molar refractivity (Wildman–Crippen MR) is 247 cm³/mol. The van der Waals surface area contributed by atoms with Crippen molar-refractivity contribution in [2.24, 2.45) is 5.92 Å². The van der Waals surface area contributed by atoms with Crippen LogP contribution in [0.5, 0.6) is 5.75 Å². The Morgan fingerprint density at radius 2 is 1.74 bits per heavy atom. The Kier molecular flexibility index (Phi) is 17.1. The Hall–Kier alpha value is -6.06. The lowest BCUT2D eigenvalue weighted by atomic mass is 9.89. The molecule has 21 heteroatoms. The first-order valence-electron chi connectivity index (χ1n) is 22.5. The van der Waals surface area contributed by atoms with Gasteiger partial charge in [0.05, 0.1) is 44.7 Å². The van der Waals surface area contributed by atoms with Gasteiger partial charge < -0.3 is 49.0 Å². The third kappa shape index (κ3) is 12.0. The van der Waals surface area contributed by atoms with Crippen molar-refractivity contribution in [1.82, 2.24) is 30.0 Å². The van der Waals surface area contributed by atoms with E-state index in [1.165, 1.54) is 34.1 Å². The molecular formula is C47H55ClF2N8O10. The van der Waals surface area contributed by atoms with E-state index in [1.807, 2.05) is 4.90 Å². The zero-order valence-corrected chi connectivity index (χ0v) is 38.5. The van der Waals surface area contributed by atoms with Crippen molar-refractivity contribution in [3.05, 3.63) is 82.4 Å². The lowest BCUT2D eigenvalue weighted by Crippen LogP contribution is -2.52. The second kappa shape index (κ2) is 23.3. The SMILES string of the molecule is C=CC(=O)N1CCN(c2nc(NCCC(=O)N(C)CCOCCOCCOCCOc3ccc4c(c3)CN(C3CCC(=O)NC3=O)C4=O)nc3c(F)c(C4=C(F)C=CC(CO)C4)c(Cl)cc23)CC1. The number of fused-ring (bicyclic) bond motifs is 2. The van der Waals surface area contributed by atoms with Crippen molar-refractivity contribution < 1.29 is 56.8 Å². The molecule has 2 fully saturated rings. The van der Waals surface area contributed by atoms with Gasteiger partial charge in [-0.1, -0.05) is 24.3 Å². The van der Waals surface area contributed by atoms with Crippen LogP contribution in [0.15, 0.2) is 54.9 Å². The normalized spacial score (nSPS) is 18.3. The molecule has 0 spiro atoms. The molecule has 2 saturated heterocycles. The number of carbonyl (C=O) groups excluding carboxylic acids is 5. The number of amides is 5. The molecule has 1 aliphatic carbocycles. The smallest absolute Gasteiger partial charge is 0.255 e. The number of aliphatic hydroxyl groups is 1. The summed E-state index contributed by atoms with van der Waals surface area (Å²) in [7, 11) is 1.66.